The highest BCUT2D eigenvalue weighted by Crippen LogP contribution is 2.39. The number of benzene rings is 2. The summed E-state index contributed by atoms with van der Waals surface area (Å²) >= 11 is 1.77. The van der Waals surface area contributed by atoms with Crippen LogP contribution in [-0.2, 0) is 11.5 Å². The Hall–Kier alpha value is -3.33. The average Bonchev–Trinajstić information content (AvgIpc) is 3.40. The van der Waals surface area contributed by atoms with E-state index in [0.29, 0.717) is 28.6 Å². The van der Waals surface area contributed by atoms with Crippen molar-refractivity contribution in [2.24, 2.45) is 0 Å². The van der Waals surface area contributed by atoms with E-state index in [1.54, 1.807) is 35.7 Å². The monoisotopic (exact) mass is 441 g/mol. The molecule has 1 aliphatic heterocycles. The molecule has 1 aliphatic rings. The van der Waals surface area contributed by atoms with Gasteiger partial charge < -0.3 is 24.3 Å². The Morgan fingerprint density at radius 3 is 2.23 bits per heavy atom. The molecule has 162 valence electrons. The molecule has 0 saturated heterocycles. The maximum atomic E-state index is 13.2. The Morgan fingerprint density at radius 2 is 1.65 bits per heavy atom. The van der Waals surface area contributed by atoms with Gasteiger partial charge in [-0.2, -0.15) is 16.9 Å². The van der Waals surface area contributed by atoms with Crippen molar-refractivity contribution in [1.29, 1.82) is 0 Å². The van der Waals surface area contributed by atoms with Crippen LogP contribution in [-0.4, -0.2) is 44.1 Å². The number of rotatable bonds is 7. The Kier molecular flexibility index (Phi) is 5.94. The van der Waals surface area contributed by atoms with Crippen LogP contribution in [0, 0.1) is 0 Å². The Bertz CT molecular complexity index is 1090. The van der Waals surface area contributed by atoms with E-state index >= 15 is 0 Å². The zero-order valence-corrected chi connectivity index (χ0v) is 18.5. The van der Waals surface area contributed by atoms with E-state index in [1.807, 2.05) is 24.3 Å². The number of aromatic nitrogens is 2. The molecule has 0 atom stereocenters. The van der Waals surface area contributed by atoms with Gasteiger partial charge >= 0.3 is 0 Å². The number of hydrogen-bond donors (Lipinski definition) is 1. The maximum Gasteiger partial charge on any atom is 0.257 e. The van der Waals surface area contributed by atoms with Gasteiger partial charge in [-0.3, -0.25) is 4.79 Å². The molecular formula is C22H23N3O5S. The summed E-state index contributed by atoms with van der Waals surface area (Å²) in [5, 5.41) is 7.77. The highest BCUT2D eigenvalue weighted by molar-refractivity contribution is 7.98. The molecule has 2 aromatic carbocycles. The van der Waals surface area contributed by atoms with Crippen molar-refractivity contribution in [3.63, 3.8) is 0 Å². The summed E-state index contributed by atoms with van der Waals surface area (Å²) in [6, 6.07) is 10.8. The molecule has 4 rings (SSSR count). The molecule has 0 aliphatic carbocycles. The van der Waals surface area contributed by atoms with Crippen LogP contribution in [0.3, 0.4) is 0 Å². The van der Waals surface area contributed by atoms with Crippen LogP contribution in [0.5, 0.6) is 23.0 Å². The third kappa shape index (κ3) is 3.88. The predicted molar refractivity (Wildman–Crippen MR) is 119 cm³/mol. The molecule has 3 aromatic rings. The Balaban J connectivity index is 1.72. The zero-order chi connectivity index (χ0) is 22.0. The van der Waals surface area contributed by atoms with Crippen molar-refractivity contribution in [1.82, 2.24) is 9.78 Å². The lowest BCUT2D eigenvalue weighted by molar-refractivity contribution is 0.102. The number of methoxy groups -OCH3 is 4. The number of carbonyl (C=O) groups is 1. The molecule has 2 heterocycles. The van der Waals surface area contributed by atoms with E-state index in [1.165, 1.54) is 21.3 Å². The van der Waals surface area contributed by atoms with Crippen LogP contribution < -0.4 is 24.3 Å². The van der Waals surface area contributed by atoms with Crippen LogP contribution in [0.1, 0.15) is 21.6 Å². The molecule has 0 spiro atoms. The molecule has 0 unspecified atom stereocenters. The van der Waals surface area contributed by atoms with E-state index in [-0.39, 0.29) is 5.91 Å². The molecule has 1 N–H and O–H groups in total. The second-order valence-electron chi connectivity index (χ2n) is 6.74. The van der Waals surface area contributed by atoms with E-state index in [2.05, 4.69) is 5.32 Å². The minimum atomic E-state index is -0.298. The Morgan fingerprint density at radius 1 is 0.968 bits per heavy atom. The van der Waals surface area contributed by atoms with Gasteiger partial charge in [-0.1, -0.05) is 0 Å². The third-order valence-electron chi connectivity index (χ3n) is 5.03. The summed E-state index contributed by atoms with van der Waals surface area (Å²) in [5.41, 5.74) is 3.22. The number of hydrogen-bond acceptors (Lipinski definition) is 7. The minimum absolute atomic E-state index is 0.298. The van der Waals surface area contributed by atoms with Crippen molar-refractivity contribution in [2.45, 2.75) is 11.5 Å². The standard InChI is InChI=1S/C22H23N3O5S/c1-27-15-7-5-14(6-8-15)25-21(16-11-31-12-17(16)24-25)23-22(26)13-9-18(28-2)20(30-4)19(10-13)29-3/h5-10H,11-12H2,1-4H3,(H,23,26). The first kappa shape index (κ1) is 20.9. The fraction of sp³-hybridized carbons (Fsp3) is 0.273. The first-order valence-corrected chi connectivity index (χ1v) is 10.7. The zero-order valence-electron chi connectivity index (χ0n) is 17.7. The number of fused-ring (bicyclic) bond motifs is 1. The SMILES string of the molecule is COc1ccc(-n2nc3c(c2NC(=O)c2cc(OC)c(OC)c(OC)c2)CSC3)cc1. The van der Waals surface area contributed by atoms with Gasteiger partial charge in [0.1, 0.15) is 11.6 Å². The number of nitrogens with zero attached hydrogens (tertiary/aromatic N) is 2. The topological polar surface area (TPSA) is 83.8 Å². The lowest BCUT2D eigenvalue weighted by Gasteiger charge is -2.15. The molecular weight excluding hydrogens is 418 g/mol. The van der Waals surface area contributed by atoms with E-state index in [9.17, 15) is 4.79 Å². The fourth-order valence-corrected chi connectivity index (χ4v) is 4.48. The summed E-state index contributed by atoms with van der Waals surface area (Å²) in [6.45, 7) is 0. The van der Waals surface area contributed by atoms with Crippen molar-refractivity contribution in [3.8, 4) is 28.7 Å². The lowest BCUT2D eigenvalue weighted by Crippen LogP contribution is -2.16. The highest BCUT2D eigenvalue weighted by Gasteiger charge is 2.26. The maximum absolute atomic E-state index is 13.2. The Labute approximate surface area is 184 Å². The molecule has 31 heavy (non-hydrogen) atoms. The molecule has 0 saturated carbocycles. The van der Waals surface area contributed by atoms with Crippen molar-refractivity contribution >= 4 is 23.5 Å². The molecule has 0 radical (unpaired) electrons. The summed E-state index contributed by atoms with van der Waals surface area (Å²) in [4.78, 5) is 13.2. The minimum Gasteiger partial charge on any atom is -0.497 e. The van der Waals surface area contributed by atoms with Crippen molar-refractivity contribution in [3.05, 3.63) is 53.2 Å². The van der Waals surface area contributed by atoms with Gasteiger partial charge in [0, 0.05) is 22.6 Å². The van der Waals surface area contributed by atoms with E-state index in [4.69, 9.17) is 24.0 Å². The molecule has 0 bridgehead atoms. The lowest BCUT2D eigenvalue weighted by atomic mass is 10.1. The molecule has 0 fully saturated rings. The second-order valence-corrected chi connectivity index (χ2v) is 7.73. The van der Waals surface area contributed by atoms with E-state index < -0.39 is 0 Å². The molecule has 9 heteroatoms. The highest BCUT2D eigenvalue weighted by atomic mass is 32.2. The number of thioether (sulfide) groups is 1. The first-order valence-electron chi connectivity index (χ1n) is 9.53. The molecule has 8 nitrogen and oxygen atoms in total. The molecule has 1 aromatic heterocycles. The van der Waals surface area contributed by atoms with Gasteiger partial charge in [-0.15, -0.1) is 0 Å². The van der Waals surface area contributed by atoms with Crippen molar-refractivity contribution in [2.75, 3.05) is 33.8 Å². The van der Waals surface area contributed by atoms with Crippen LogP contribution >= 0.6 is 11.8 Å². The first-order chi connectivity index (χ1) is 15.1. The second kappa shape index (κ2) is 8.81. The quantitative estimate of drug-likeness (QED) is 0.595. The van der Waals surface area contributed by atoms with Gasteiger partial charge in [0.2, 0.25) is 5.75 Å². The van der Waals surface area contributed by atoms with Gasteiger partial charge in [0.25, 0.3) is 5.91 Å². The predicted octanol–water partition coefficient (Wildman–Crippen LogP) is 3.91. The smallest absolute Gasteiger partial charge is 0.257 e. The normalized spacial score (nSPS) is 12.3. The number of carbonyl (C=O) groups excluding carboxylic acids is 1. The van der Waals surface area contributed by atoms with E-state index in [0.717, 1.165) is 34.2 Å². The average molecular weight is 442 g/mol. The van der Waals surface area contributed by atoms with Gasteiger partial charge in [0.15, 0.2) is 11.5 Å². The number of anilines is 1. The third-order valence-corrected chi connectivity index (χ3v) is 6.00. The summed E-state index contributed by atoms with van der Waals surface area (Å²) in [6.07, 6.45) is 0. The van der Waals surface area contributed by atoms with Gasteiger partial charge in [-0.25, -0.2) is 4.68 Å². The number of amides is 1. The summed E-state index contributed by atoms with van der Waals surface area (Å²) < 4.78 is 23.1. The van der Waals surface area contributed by atoms with Gasteiger partial charge in [0.05, 0.1) is 39.8 Å². The van der Waals surface area contributed by atoms with Gasteiger partial charge in [-0.05, 0) is 36.4 Å². The van der Waals surface area contributed by atoms with Crippen LogP contribution in [0.25, 0.3) is 5.69 Å². The summed E-state index contributed by atoms with van der Waals surface area (Å²) in [5.74, 6) is 3.97. The fourth-order valence-electron chi connectivity index (χ4n) is 3.44. The number of nitrogens with one attached hydrogen (secondary N) is 1. The summed E-state index contributed by atoms with van der Waals surface area (Å²) in [7, 11) is 6.18. The van der Waals surface area contributed by atoms with Crippen LogP contribution in [0.15, 0.2) is 36.4 Å². The number of ether oxygens (including phenoxy) is 4. The van der Waals surface area contributed by atoms with Crippen LogP contribution in [0.2, 0.25) is 0 Å². The molecule has 1 amide bonds. The van der Waals surface area contributed by atoms with Crippen molar-refractivity contribution < 1.29 is 23.7 Å². The largest absolute Gasteiger partial charge is 0.497 e. The van der Waals surface area contributed by atoms with Crippen LogP contribution in [0.4, 0.5) is 5.82 Å².